The molecule has 5 heteroatoms. The van der Waals surface area contributed by atoms with Crippen molar-refractivity contribution in [2.75, 3.05) is 11.9 Å². The molecular weight excluding hydrogens is 424 g/mol. The Bertz CT molecular complexity index is 1500. The van der Waals surface area contributed by atoms with Gasteiger partial charge in [-0.3, -0.25) is 4.79 Å². The van der Waals surface area contributed by atoms with Gasteiger partial charge < -0.3 is 14.5 Å². The number of aryl methyl sites for hydroxylation is 1. The molecule has 0 aliphatic rings. The summed E-state index contributed by atoms with van der Waals surface area (Å²) in [5, 5.41) is 5.08. The number of nitrogens with zero attached hydrogens (tertiary/aromatic N) is 1. The molecule has 0 saturated carbocycles. The molecule has 1 aromatic heterocycles. The quantitative estimate of drug-likeness (QED) is 0.300. The average molecular weight is 451 g/mol. The van der Waals surface area contributed by atoms with Crippen molar-refractivity contribution in [1.82, 2.24) is 4.98 Å². The average Bonchev–Trinajstić information content (AvgIpc) is 3.28. The van der Waals surface area contributed by atoms with Crippen LogP contribution in [0.2, 0.25) is 0 Å². The topological polar surface area (TPSA) is 64.4 Å². The molecule has 0 aliphatic heterocycles. The second-order valence-electron chi connectivity index (χ2n) is 8.77. The van der Waals surface area contributed by atoms with Crippen molar-refractivity contribution in [2.24, 2.45) is 0 Å². The van der Waals surface area contributed by atoms with Crippen molar-refractivity contribution in [3.8, 4) is 17.2 Å². The van der Waals surface area contributed by atoms with E-state index in [9.17, 15) is 4.79 Å². The molecule has 0 bridgehead atoms. The lowest BCUT2D eigenvalue weighted by Crippen LogP contribution is -2.20. The number of carbonyl (C=O) groups excluding carboxylic acids is 1. The third kappa shape index (κ3) is 4.37. The first kappa shape index (κ1) is 21.7. The Labute approximate surface area is 198 Å². The summed E-state index contributed by atoms with van der Waals surface area (Å²) in [5.74, 6) is 1.35. The van der Waals surface area contributed by atoms with Crippen molar-refractivity contribution < 1.29 is 13.9 Å². The molecule has 5 aromatic rings. The maximum Gasteiger partial charge on any atom is 0.262 e. The monoisotopic (exact) mass is 450 g/mol. The van der Waals surface area contributed by atoms with Crippen LogP contribution in [0.3, 0.4) is 0 Å². The molecule has 0 fully saturated rings. The molecule has 5 rings (SSSR count). The summed E-state index contributed by atoms with van der Waals surface area (Å²) in [6.45, 7) is 6.16. The molecule has 4 aromatic carbocycles. The molecule has 5 nitrogen and oxygen atoms in total. The van der Waals surface area contributed by atoms with Crippen LogP contribution < -0.4 is 10.1 Å². The maximum absolute atomic E-state index is 12.6. The number of benzene rings is 4. The van der Waals surface area contributed by atoms with Crippen LogP contribution in [0.5, 0.6) is 5.75 Å². The first-order valence-electron chi connectivity index (χ1n) is 11.4. The lowest BCUT2D eigenvalue weighted by molar-refractivity contribution is -0.118. The molecule has 0 aliphatic carbocycles. The highest BCUT2D eigenvalue weighted by Crippen LogP contribution is 2.31. The molecule has 0 unspecified atom stereocenters. The van der Waals surface area contributed by atoms with Crippen LogP contribution in [0.4, 0.5) is 5.69 Å². The Morgan fingerprint density at radius 1 is 1.00 bits per heavy atom. The normalized spacial score (nSPS) is 11.3. The van der Waals surface area contributed by atoms with Crippen molar-refractivity contribution in [1.29, 1.82) is 0 Å². The summed E-state index contributed by atoms with van der Waals surface area (Å²) in [6.07, 6.45) is 0. The highest BCUT2D eigenvalue weighted by molar-refractivity contribution is 6.04. The number of carbonyl (C=O) groups is 1. The van der Waals surface area contributed by atoms with Gasteiger partial charge in [-0.05, 0) is 59.7 Å². The first-order chi connectivity index (χ1) is 16.5. The number of nitrogens with one attached hydrogen (secondary N) is 1. The Morgan fingerprint density at radius 3 is 2.71 bits per heavy atom. The number of ether oxygens (including phenoxy) is 1. The fourth-order valence-electron chi connectivity index (χ4n) is 4.10. The second kappa shape index (κ2) is 9.02. The molecule has 0 radical (unpaired) electrons. The number of hydrogen-bond donors (Lipinski definition) is 1. The SMILES string of the molecule is Cc1ccc(C(C)C)c(OCC(=O)Nc2cccc(-c3nc4c(ccc5ccccc54)o3)c2)c1. The van der Waals surface area contributed by atoms with Crippen LogP contribution >= 0.6 is 0 Å². The number of fused-ring (bicyclic) bond motifs is 3. The van der Waals surface area contributed by atoms with E-state index in [1.807, 2.05) is 67.6 Å². The van der Waals surface area contributed by atoms with Crippen LogP contribution in [0.1, 0.15) is 30.9 Å². The van der Waals surface area contributed by atoms with E-state index in [0.29, 0.717) is 17.5 Å². The molecule has 170 valence electrons. The summed E-state index contributed by atoms with van der Waals surface area (Å²) in [6, 6.07) is 25.6. The van der Waals surface area contributed by atoms with E-state index >= 15 is 0 Å². The van der Waals surface area contributed by atoms with Crippen LogP contribution in [-0.4, -0.2) is 17.5 Å². The number of rotatable bonds is 6. The molecule has 0 spiro atoms. The van der Waals surface area contributed by atoms with Crippen LogP contribution in [-0.2, 0) is 4.79 Å². The fraction of sp³-hybridized carbons (Fsp3) is 0.172. The third-order valence-electron chi connectivity index (χ3n) is 5.83. The molecular formula is C29H26N2O3. The lowest BCUT2D eigenvalue weighted by atomic mass is 10.0. The number of hydrogen-bond acceptors (Lipinski definition) is 4. The summed E-state index contributed by atoms with van der Waals surface area (Å²) in [4.78, 5) is 17.3. The predicted molar refractivity (Wildman–Crippen MR) is 136 cm³/mol. The van der Waals surface area contributed by atoms with Gasteiger partial charge in [-0.2, -0.15) is 0 Å². The van der Waals surface area contributed by atoms with E-state index < -0.39 is 0 Å². The van der Waals surface area contributed by atoms with Gasteiger partial charge in [0.15, 0.2) is 12.2 Å². The van der Waals surface area contributed by atoms with Gasteiger partial charge in [-0.1, -0.05) is 62.4 Å². The van der Waals surface area contributed by atoms with Crippen molar-refractivity contribution in [3.05, 3.63) is 90.0 Å². The number of amides is 1. The maximum atomic E-state index is 12.6. The van der Waals surface area contributed by atoms with Crippen molar-refractivity contribution >= 4 is 33.5 Å². The van der Waals surface area contributed by atoms with E-state index in [-0.39, 0.29) is 12.5 Å². The van der Waals surface area contributed by atoms with E-state index in [4.69, 9.17) is 14.1 Å². The minimum absolute atomic E-state index is 0.0672. The smallest absolute Gasteiger partial charge is 0.262 e. The Hall–Kier alpha value is -4.12. The summed E-state index contributed by atoms with van der Waals surface area (Å²) in [5.41, 5.74) is 5.19. The first-order valence-corrected chi connectivity index (χ1v) is 11.4. The van der Waals surface area contributed by atoms with Gasteiger partial charge in [0, 0.05) is 16.6 Å². The third-order valence-corrected chi connectivity index (χ3v) is 5.83. The summed E-state index contributed by atoms with van der Waals surface area (Å²) in [7, 11) is 0. The van der Waals surface area contributed by atoms with E-state index in [2.05, 4.69) is 37.4 Å². The molecule has 34 heavy (non-hydrogen) atoms. The van der Waals surface area contributed by atoms with E-state index in [1.165, 1.54) is 0 Å². The van der Waals surface area contributed by atoms with Crippen LogP contribution in [0, 0.1) is 6.92 Å². The zero-order valence-corrected chi connectivity index (χ0v) is 19.5. The van der Waals surface area contributed by atoms with Crippen LogP contribution in [0.15, 0.2) is 83.3 Å². The Morgan fingerprint density at radius 2 is 1.85 bits per heavy atom. The molecule has 0 atom stereocenters. The highest BCUT2D eigenvalue weighted by Gasteiger charge is 2.13. The largest absolute Gasteiger partial charge is 0.483 e. The zero-order chi connectivity index (χ0) is 23.7. The molecule has 0 saturated heterocycles. The number of anilines is 1. The minimum Gasteiger partial charge on any atom is -0.483 e. The Kier molecular flexibility index (Phi) is 5.76. The Balaban J connectivity index is 1.33. The standard InChI is InChI=1S/C29H26N2O3/c1-18(2)23-13-11-19(3)15-26(23)33-17-27(32)30-22-9-6-8-21(16-22)29-31-28-24-10-5-4-7-20(24)12-14-25(28)34-29/h4-16,18H,17H2,1-3H3,(H,30,32). The fourth-order valence-corrected chi connectivity index (χ4v) is 4.10. The van der Waals surface area contributed by atoms with Gasteiger partial charge in [0.1, 0.15) is 11.3 Å². The second-order valence-corrected chi connectivity index (χ2v) is 8.77. The van der Waals surface area contributed by atoms with Gasteiger partial charge in [-0.15, -0.1) is 0 Å². The van der Waals surface area contributed by atoms with Gasteiger partial charge in [0.25, 0.3) is 5.91 Å². The van der Waals surface area contributed by atoms with Gasteiger partial charge in [-0.25, -0.2) is 4.98 Å². The van der Waals surface area contributed by atoms with Gasteiger partial charge in [0.2, 0.25) is 5.89 Å². The molecule has 1 amide bonds. The summed E-state index contributed by atoms with van der Waals surface area (Å²) >= 11 is 0. The van der Waals surface area contributed by atoms with E-state index in [1.54, 1.807) is 0 Å². The predicted octanol–water partition coefficient (Wildman–Crippen LogP) is 7.10. The lowest BCUT2D eigenvalue weighted by Gasteiger charge is -2.15. The molecule has 1 heterocycles. The van der Waals surface area contributed by atoms with Gasteiger partial charge >= 0.3 is 0 Å². The number of aromatic nitrogens is 1. The van der Waals surface area contributed by atoms with Crippen molar-refractivity contribution in [3.63, 3.8) is 0 Å². The van der Waals surface area contributed by atoms with Crippen LogP contribution in [0.25, 0.3) is 33.3 Å². The highest BCUT2D eigenvalue weighted by atomic mass is 16.5. The minimum atomic E-state index is -0.225. The van der Waals surface area contributed by atoms with Gasteiger partial charge in [0.05, 0.1) is 0 Å². The summed E-state index contributed by atoms with van der Waals surface area (Å²) < 4.78 is 11.9. The zero-order valence-electron chi connectivity index (χ0n) is 19.5. The van der Waals surface area contributed by atoms with E-state index in [0.717, 1.165) is 44.3 Å². The number of oxazole rings is 1. The van der Waals surface area contributed by atoms with Crippen molar-refractivity contribution in [2.45, 2.75) is 26.7 Å². The molecule has 1 N–H and O–H groups in total.